The molecule has 1 aromatic rings. The van der Waals surface area contributed by atoms with E-state index in [2.05, 4.69) is 11.9 Å². The SMILES string of the molecule is COc1ccc(CN(C)C2CCCC2N)cc1F. The van der Waals surface area contributed by atoms with Gasteiger partial charge in [0.1, 0.15) is 0 Å². The Morgan fingerprint density at radius 2 is 2.22 bits per heavy atom. The molecule has 1 aliphatic rings. The first kappa shape index (κ1) is 13.3. The number of nitrogens with zero attached hydrogens (tertiary/aromatic N) is 1. The van der Waals surface area contributed by atoms with Gasteiger partial charge in [-0.2, -0.15) is 0 Å². The lowest BCUT2D eigenvalue weighted by atomic mass is 10.1. The molecule has 0 saturated heterocycles. The minimum absolute atomic E-state index is 0.248. The summed E-state index contributed by atoms with van der Waals surface area (Å²) < 4.78 is 18.5. The van der Waals surface area contributed by atoms with Crippen LogP contribution in [0.3, 0.4) is 0 Å². The van der Waals surface area contributed by atoms with Gasteiger partial charge in [-0.25, -0.2) is 4.39 Å². The summed E-state index contributed by atoms with van der Waals surface area (Å²) >= 11 is 0. The van der Waals surface area contributed by atoms with E-state index >= 15 is 0 Å². The van der Waals surface area contributed by atoms with Gasteiger partial charge in [0.15, 0.2) is 11.6 Å². The number of rotatable bonds is 4. The van der Waals surface area contributed by atoms with E-state index in [9.17, 15) is 4.39 Å². The molecule has 2 atom stereocenters. The first-order valence-corrected chi connectivity index (χ1v) is 6.40. The maximum absolute atomic E-state index is 13.6. The zero-order valence-electron chi connectivity index (χ0n) is 11.0. The lowest BCUT2D eigenvalue weighted by molar-refractivity contribution is 0.220. The van der Waals surface area contributed by atoms with Crippen LogP contribution >= 0.6 is 0 Å². The lowest BCUT2D eigenvalue weighted by Crippen LogP contribution is -2.41. The van der Waals surface area contributed by atoms with Gasteiger partial charge >= 0.3 is 0 Å². The van der Waals surface area contributed by atoms with Crippen LogP contribution in [-0.4, -0.2) is 31.1 Å². The van der Waals surface area contributed by atoms with Gasteiger partial charge in [0.25, 0.3) is 0 Å². The number of hydrogen-bond acceptors (Lipinski definition) is 3. The third kappa shape index (κ3) is 2.82. The molecular formula is C14H21FN2O. The van der Waals surface area contributed by atoms with Gasteiger partial charge < -0.3 is 10.5 Å². The molecule has 0 spiro atoms. The topological polar surface area (TPSA) is 38.5 Å². The molecule has 4 heteroatoms. The molecule has 2 rings (SSSR count). The van der Waals surface area contributed by atoms with E-state index in [1.54, 1.807) is 6.07 Å². The maximum atomic E-state index is 13.6. The smallest absolute Gasteiger partial charge is 0.165 e. The Bertz CT molecular complexity index is 411. The van der Waals surface area contributed by atoms with Crippen LogP contribution in [-0.2, 0) is 6.54 Å². The van der Waals surface area contributed by atoms with Crippen molar-refractivity contribution in [2.45, 2.75) is 37.9 Å². The average molecular weight is 252 g/mol. The fourth-order valence-corrected chi connectivity index (χ4v) is 2.73. The Labute approximate surface area is 108 Å². The Kier molecular flexibility index (Phi) is 4.19. The summed E-state index contributed by atoms with van der Waals surface area (Å²) in [5.74, 6) is -0.0157. The van der Waals surface area contributed by atoms with Gasteiger partial charge in [-0.1, -0.05) is 12.5 Å². The zero-order valence-corrected chi connectivity index (χ0v) is 11.0. The van der Waals surface area contributed by atoms with Crippen LogP contribution in [0.4, 0.5) is 4.39 Å². The Morgan fingerprint density at radius 3 is 2.78 bits per heavy atom. The molecule has 0 heterocycles. The second-order valence-corrected chi connectivity index (χ2v) is 5.05. The molecule has 1 fully saturated rings. The molecule has 18 heavy (non-hydrogen) atoms. The largest absolute Gasteiger partial charge is 0.494 e. The van der Waals surface area contributed by atoms with E-state index in [0.29, 0.717) is 11.8 Å². The first-order chi connectivity index (χ1) is 8.61. The summed E-state index contributed by atoms with van der Waals surface area (Å²) in [4.78, 5) is 2.22. The predicted octanol–water partition coefficient (Wildman–Crippen LogP) is 2.15. The Hall–Kier alpha value is -1.13. The van der Waals surface area contributed by atoms with Crippen molar-refractivity contribution < 1.29 is 9.13 Å². The van der Waals surface area contributed by atoms with Crippen LogP contribution in [0.5, 0.6) is 5.75 Å². The molecule has 0 aliphatic heterocycles. The molecule has 2 N–H and O–H groups in total. The van der Waals surface area contributed by atoms with Crippen LogP contribution < -0.4 is 10.5 Å². The fraction of sp³-hybridized carbons (Fsp3) is 0.571. The summed E-state index contributed by atoms with van der Waals surface area (Å²) in [6.07, 6.45) is 3.41. The highest BCUT2D eigenvalue weighted by Crippen LogP contribution is 2.24. The molecular weight excluding hydrogens is 231 g/mol. The van der Waals surface area contributed by atoms with E-state index in [1.807, 2.05) is 6.07 Å². The van der Waals surface area contributed by atoms with Crippen LogP contribution in [0.25, 0.3) is 0 Å². The monoisotopic (exact) mass is 252 g/mol. The lowest BCUT2D eigenvalue weighted by Gasteiger charge is -2.27. The highest BCUT2D eigenvalue weighted by molar-refractivity contribution is 5.29. The highest BCUT2D eigenvalue weighted by atomic mass is 19.1. The minimum Gasteiger partial charge on any atom is -0.494 e. The summed E-state index contributed by atoms with van der Waals surface area (Å²) in [7, 11) is 3.53. The first-order valence-electron chi connectivity index (χ1n) is 6.40. The summed E-state index contributed by atoms with van der Waals surface area (Å²) in [5, 5.41) is 0. The number of hydrogen-bond donors (Lipinski definition) is 1. The minimum atomic E-state index is -0.306. The van der Waals surface area contributed by atoms with Gasteiger partial charge in [-0.15, -0.1) is 0 Å². The van der Waals surface area contributed by atoms with Crippen LogP contribution in [0.1, 0.15) is 24.8 Å². The normalized spacial score (nSPS) is 23.6. The molecule has 0 aromatic heterocycles. The maximum Gasteiger partial charge on any atom is 0.165 e. The van der Waals surface area contributed by atoms with Crippen molar-refractivity contribution in [3.05, 3.63) is 29.6 Å². The Morgan fingerprint density at radius 1 is 1.44 bits per heavy atom. The van der Waals surface area contributed by atoms with Crippen molar-refractivity contribution >= 4 is 0 Å². The highest BCUT2D eigenvalue weighted by Gasteiger charge is 2.27. The van der Waals surface area contributed by atoms with E-state index in [-0.39, 0.29) is 11.9 Å². The summed E-state index contributed by atoms with van der Waals surface area (Å²) in [6, 6.07) is 5.77. The van der Waals surface area contributed by atoms with Gasteiger partial charge in [0, 0.05) is 18.6 Å². The van der Waals surface area contributed by atoms with Crippen molar-refractivity contribution in [1.82, 2.24) is 4.90 Å². The second-order valence-electron chi connectivity index (χ2n) is 5.05. The van der Waals surface area contributed by atoms with E-state index in [4.69, 9.17) is 10.5 Å². The van der Waals surface area contributed by atoms with Crippen molar-refractivity contribution in [1.29, 1.82) is 0 Å². The number of methoxy groups -OCH3 is 1. The molecule has 1 aromatic carbocycles. The molecule has 100 valence electrons. The van der Waals surface area contributed by atoms with Crippen LogP contribution in [0.2, 0.25) is 0 Å². The van der Waals surface area contributed by atoms with Gasteiger partial charge in [0.2, 0.25) is 0 Å². The fourth-order valence-electron chi connectivity index (χ4n) is 2.73. The standard InChI is InChI=1S/C14H21FN2O/c1-17(13-5-3-4-12(13)16)9-10-6-7-14(18-2)11(15)8-10/h6-8,12-13H,3-5,9,16H2,1-2H3. The molecule has 1 saturated carbocycles. The number of nitrogens with two attached hydrogens (primary N) is 1. The van der Waals surface area contributed by atoms with E-state index in [0.717, 1.165) is 24.9 Å². The third-order valence-electron chi connectivity index (χ3n) is 3.75. The van der Waals surface area contributed by atoms with E-state index in [1.165, 1.54) is 19.6 Å². The number of halogens is 1. The zero-order chi connectivity index (χ0) is 13.1. The van der Waals surface area contributed by atoms with Gasteiger partial charge in [-0.3, -0.25) is 4.90 Å². The molecule has 1 aliphatic carbocycles. The molecule has 3 nitrogen and oxygen atoms in total. The average Bonchev–Trinajstić information content (AvgIpc) is 2.76. The predicted molar refractivity (Wildman–Crippen MR) is 70.0 cm³/mol. The van der Waals surface area contributed by atoms with Gasteiger partial charge in [-0.05, 0) is 37.6 Å². The second kappa shape index (κ2) is 5.67. The van der Waals surface area contributed by atoms with Crippen molar-refractivity contribution in [2.75, 3.05) is 14.2 Å². The third-order valence-corrected chi connectivity index (χ3v) is 3.75. The van der Waals surface area contributed by atoms with Crippen LogP contribution in [0.15, 0.2) is 18.2 Å². The molecule has 0 amide bonds. The number of benzene rings is 1. The molecule has 0 bridgehead atoms. The van der Waals surface area contributed by atoms with Gasteiger partial charge in [0.05, 0.1) is 7.11 Å². The molecule has 2 unspecified atom stereocenters. The Balaban J connectivity index is 2.02. The van der Waals surface area contributed by atoms with Crippen molar-refractivity contribution in [3.8, 4) is 5.75 Å². The van der Waals surface area contributed by atoms with Crippen molar-refractivity contribution in [2.24, 2.45) is 5.73 Å². The van der Waals surface area contributed by atoms with E-state index < -0.39 is 0 Å². The summed E-state index contributed by atoms with van der Waals surface area (Å²) in [5.41, 5.74) is 7.03. The van der Waals surface area contributed by atoms with Crippen LogP contribution in [0, 0.1) is 5.82 Å². The summed E-state index contributed by atoms with van der Waals surface area (Å²) in [6.45, 7) is 0.722. The molecule has 0 radical (unpaired) electrons. The quantitative estimate of drug-likeness (QED) is 0.892. The number of ether oxygens (including phenoxy) is 1. The number of likely N-dealkylation sites (N-methyl/N-ethyl adjacent to an activating group) is 1. The van der Waals surface area contributed by atoms with Crippen molar-refractivity contribution in [3.63, 3.8) is 0 Å².